The van der Waals surface area contributed by atoms with Crippen LogP contribution in [0, 0.1) is 0 Å². The van der Waals surface area contributed by atoms with Crippen LogP contribution >= 0.6 is 11.8 Å². The largest absolute Gasteiger partial charge is 0.399 e. The maximum atomic E-state index is 12.0. The Bertz CT molecular complexity index is 420. The fraction of sp³-hybridized carbons (Fsp3) is 0.364. The third-order valence-corrected chi connectivity index (χ3v) is 3.50. The smallest absolute Gasteiger partial charge is 0.324 e. The number of hydrogen-bond donors (Lipinski definition) is 1. The summed E-state index contributed by atoms with van der Waals surface area (Å²) in [7, 11) is 3.52. The number of nitrogens with zero attached hydrogens (tertiary/aromatic N) is 2. The lowest BCUT2D eigenvalue weighted by molar-refractivity contribution is 0.224. The van der Waals surface area contributed by atoms with E-state index < -0.39 is 0 Å². The van der Waals surface area contributed by atoms with Gasteiger partial charge in [-0.05, 0) is 18.2 Å². The number of carbonyl (C=O) groups excluding carboxylic acids is 1. The molecular weight excluding hydrogens is 222 g/mol. The van der Waals surface area contributed by atoms with Crippen LogP contribution in [0.2, 0.25) is 0 Å². The van der Waals surface area contributed by atoms with Crippen LogP contribution in [0.25, 0.3) is 0 Å². The van der Waals surface area contributed by atoms with E-state index in [-0.39, 0.29) is 6.03 Å². The first-order valence-electron chi connectivity index (χ1n) is 5.11. The van der Waals surface area contributed by atoms with E-state index in [0.29, 0.717) is 5.69 Å². The second-order valence-electron chi connectivity index (χ2n) is 3.90. The average molecular weight is 237 g/mol. The molecule has 1 aliphatic heterocycles. The van der Waals surface area contributed by atoms with Gasteiger partial charge in [0, 0.05) is 37.0 Å². The second-order valence-corrected chi connectivity index (χ2v) is 5.04. The fourth-order valence-corrected chi connectivity index (χ4v) is 2.65. The standard InChI is InChI=1S/C11H15N3OS/c1-13(2)11(15)14-5-6-16-10-4-3-8(12)7-9(10)14/h3-4,7H,5-6,12H2,1-2H3. The third kappa shape index (κ3) is 1.95. The van der Waals surface area contributed by atoms with E-state index in [9.17, 15) is 4.79 Å². The topological polar surface area (TPSA) is 49.6 Å². The second kappa shape index (κ2) is 4.25. The minimum atomic E-state index is 0.00662. The molecule has 16 heavy (non-hydrogen) atoms. The first-order chi connectivity index (χ1) is 7.59. The Kier molecular flexibility index (Phi) is 2.96. The van der Waals surface area contributed by atoms with E-state index in [0.717, 1.165) is 22.9 Å². The molecule has 0 saturated carbocycles. The molecule has 0 unspecified atom stereocenters. The van der Waals surface area contributed by atoms with E-state index in [1.54, 1.807) is 35.7 Å². The summed E-state index contributed by atoms with van der Waals surface area (Å²) in [5.74, 6) is 0.927. The Morgan fingerprint density at radius 2 is 2.25 bits per heavy atom. The molecular formula is C11H15N3OS. The molecule has 2 amide bonds. The molecule has 0 bridgehead atoms. The Morgan fingerprint density at radius 3 is 2.94 bits per heavy atom. The average Bonchev–Trinajstić information content (AvgIpc) is 2.27. The predicted octanol–water partition coefficient (Wildman–Crippen LogP) is 1.86. The zero-order chi connectivity index (χ0) is 11.7. The molecule has 0 aromatic heterocycles. The van der Waals surface area contributed by atoms with Gasteiger partial charge in [0.25, 0.3) is 0 Å². The first-order valence-corrected chi connectivity index (χ1v) is 6.09. The monoisotopic (exact) mass is 237 g/mol. The van der Waals surface area contributed by atoms with Crippen molar-refractivity contribution in [2.24, 2.45) is 0 Å². The highest BCUT2D eigenvalue weighted by Gasteiger charge is 2.24. The highest BCUT2D eigenvalue weighted by molar-refractivity contribution is 7.99. The minimum absolute atomic E-state index is 0.00662. The molecule has 0 radical (unpaired) electrons. The number of thioether (sulfide) groups is 1. The normalized spacial score (nSPS) is 14.5. The zero-order valence-electron chi connectivity index (χ0n) is 9.43. The van der Waals surface area contributed by atoms with Crippen molar-refractivity contribution in [2.75, 3.05) is 37.0 Å². The van der Waals surface area contributed by atoms with Crippen molar-refractivity contribution >= 4 is 29.2 Å². The lowest BCUT2D eigenvalue weighted by Gasteiger charge is -2.31. The summed E-state index contributed by atoms with van der Waals surface area (Å²) in [6.45, 7) is 0.734. The Labute approximate surface area is 99.4 Å². The Balaban J connectivity index is 2.39. The zero-order valence-corrected chi connectivity index (χ0v) is 10.3. The molecule has 0 fully saturated rings. The summed E-state index contributed by atoms with van der Waals surface area (Å²) >= 11 is 1.76. The van der Waals surface area contributed by atoms with Gasteiger partial charge in [-0.2, -0.15) is 0 Å². The predicted molar refractivity (Wildman–Crippen MR) is 68.0 cm³/mol. The van der Waals surface area contributed by atoms with Gasteiger partial charge in [-0.15, -0.1) is 11.8 Å². The number of fused-ring (bicyclic) bond motifs is 1. The summed E-state index contributed by atoms with van der Waals surface area (Å²) < 4.78 is 0. The number of urea groups is 1. The fourth-order valence-electron chi connectivity index (χ4n) is 1.67. The molecule has 0 aliphatic carbocycles. The number of anilines is 2. The van der Waals surface area contributed by atoms with Crippen molar-refractivity contribution in [3.05, 3.63) is 18.2 Å². The van der Waals surface area contributed by atoms with Gasteiger partial charge in [0.1, 0.15) is 0 Å². The summed E-state index contributed by atoms with van der Waals surface area (Å²) in [4.78, 5) is 16.5. The summed E-state index contributed by atoms with van der Waals surface area (Å²) in [5, 5.41) is 0. The number of nitrogen functional groups attached to an aromatic ring is 1. The van der Waals surface area contributed by atoms with Crippen LogP contribution in [0.15, 0.2) is 23.1 Å². The quantitative estimate of drug-likeness (QED) is 0.701. The van der Waals surface area contributed by atoms with Crippen molar-refractivity contribution < 1.29 is 4.79 Å². The van der Waals surface area contributed by atoms with Gasteiger partial charge < -0.3 is 10.6 Å². The molecule has 0 atom stereocenters. The van der Waals surface area contributed by atoms with E-state index in [2.05, 4.69) is 0 Å². The first kappa shape index (κ1) is 11.1. The van der Waals surface area contributed by atoms with Crippen LogP contribution in [-0.4, -0.2) is 37.3 Å². The molecule has 1 aromatic carbocycles. The number of benzene rings is 1. The third-order valence-electron chi connectivity index (χ3n) is 2.46. The lowest BCUT2D eigenvalue weighted by atomic mass is 10.2. The maximum absolute atomic E-state index is 12.0. The van der Waals surface area contributed by atoms with Crippen LogP contribution < -0.4 is 10.6 Å². The van der Waals surface area contributed by atoms with Gasteiger partial charge in [-0.25, -0.2) is 4.79 Å². The number of rotatable bonds is 0. The number of nitrogens with two attached hydrogens (primary N) is 1. The molecule has 0 spiro atoms. The highest BCUT2D eigenvalue weighted by atomic mass is 32.2. The van der Waals surface area contributed by atoms with Crippen LogP contribution in [0.1, 0.15) is 0 Å². The molecule has 1 heterocycles. The minimum Gasteiger partial charge on any atom is -0.399 e. The molecule has 5 heteroatoms. The molecule has 2 rings (SSSR count). The molecule has 4 nitrogen and oxygen atoms in total. The summed E-state index contributed by atoms with van der Waals surface area (Å²) in [6, 6.07) is 5.72. The summed E-state index contributed by atoms with van der Waals surface area (Å²) in [5.41, 5.74) is 7.38. The van der Waals surface area contributed by atoms with Gasteiger partial charge in [0.15, 0.2) is 0 Å². The van der Waals surface area contributed by atoms with Crippen molar-refractivity contribution in [1.82, 2.24) is 4.90 Å². The summed E-state index contributed by atoms with van der Waals surface area (Å²) in [6.07, 6.45) is 0. The molecule has 1 aromatic rings. The van der Waals surface area contributed by atoms with Crippen LogP contribution in [-0.2, 0) is 0 Å². The van der Waals surface area contributed by atoms with E-state index in [1.807, 2.05) is 18.2 Å². The Hall–Kier alpha value is -1.36. The van der Waals surface area contributed by atoms with Crippen molar-refractivity contribution in [2.45, 2.75) is 4.90 Å². The SMILES string of the molecule is CN(C)C(=O)N1CCSc2ccc(N)cc21. The maximum Gasteiger partial charge on any atom is 0.324 e. The molecule has 0 saturated heterocycles. The van der Waals surface area contributed by atoms with E-state index in [1.165, 1.54) is 0 Å². The van der Waals surface area contributed by atoms with E-state index >= 15 is 0 Å². The van der Waals surface area contributed by atoms with Gasteiger partial charge in [-0.3, -0.25) is 4.90 Å². The molecule has 86 valence electrons. The van der Waals surface area contributed by atoms with Gasteiger partial charge in [0.2, 0.25) is 0 Å². The highest BCUT2D eigenvalue weighted by Crippen LogP contribution is 2.36. The molecule has 1 aliphatic rings. The van der Waals surface area contributed by atoms with Crippen LogP contribution in [0.5, 0.6) is 0 Å². The van der Waals surface area contributed by atoms with E-state index in [4.69, 9.17) is 5.73 Å². The van der Waals surface area contributed by atoms with Crippen LogP contribution in [0.3, 0.4) is 0 Å². The van der Waals surface area contributed by atoms with Crippen molar-refractivity contribution in [3.8, 4) is 0 Å². The van der Waals surface area contributed by atoms with Crippen molar-refractivity contribution in [3.63, 3.8) is 0 Å². The molecule has 2 N–H and O–H groups in total. The van der Waals surface area contributed by atoms with Gasteiger partial charge in [0.05, 0.1) is 5.69 Å². The number of hydrogen-bond acceptors (Lipinski definition) is 3. The number of amides is 2. The van der Waals surface area contributed by atoms with Crippen molar-refractivity contribution in [1.29, 1.82) is 0 Å². The van der Waals surface area contributed by atoms with Gasteiger partial charge >= 0.3 is 6.03 Å². The number of carbonyl (C=O) groups is 1. The van der Waals surface area contributed by atoms with Gasteiger partial charge in [-0.1, -0.05) is 0 Å². The lowest BCUT2D eigenvalue weighted by Crippen LogP contribution is -2.42. The Morgan fingerprint density at radius 1 is 1.50 bits per heavy atom. The van der Waals surface area contributed by atoms with Crippen LogP contribution in [0.4, 0.5) is 16.2 Å².